The Morgan fingerprint density at radius 3 is 2.63 bits per heavy atom. The number of hydrogen-bond acceptors (Lipinski definition) is 6. The predicted octanol–water partition coefficient (Wildman–Crippen LogP) is 4.43. The number of benzene rings is 1. The van der Waals surface area contributed by atoms with Gasteiger partial charge in [-0.25, -0.2) is 0 Å². The Bertz CT molecular complexity index is 852. The number of unbranched alkanes of at least 4 members (excludes halogenated alkanes) is 1. The summed E-state index contributed by atoms with van der Waals surface area (Å²) in [5.41, 5.74) is -0.838. The van der Waals surface area contributed by atoms with E-state index in [0.717, 1.165) is 12.1 Å². The molecule has 0 amide bonds. The summed E-state index contributed by atoms with van der Waals surface area (Å²) in [6, 6.07) is 4.40. The van der Waals surface area contributed by atoms with E-state index in [0.29, 0.717) is 25.7 Å². The summed E-state index contributed by atoms with van der Waals surface area (Å²) in [7, 11) is 0. The van der Waals surface area contributed by atoms with Crippen molar-refractivity contribution in [3.63, 3.8) is 0 Å². The molecule has 1 aliphatic rings. The standard InChI is InChI=1S/C26H35F3O6/c1-17(2)35-25(33)11-6-4-3-5-10-21-22(24(32)15-23(21)31)13-12-19(30)16-34-20-9-7-8-18(14-20)26(27,28)29/h3,5,7-9,12-14,17,19,21-24,30-32H,4,6,10-11,15-16H2,1-2H3/b5-3+,13-12+/t19-,21?,22-,23+,24-/m1/s1. The van der Waals surface area contributed by atoms with Crippen molar-refractivity contribution >= 4 is 5.97 Å². The monoisotopic (exact) mass is 500 g/mol. The molecule has 1 saturated carbocycles. The average molecular weight is 501 g/mol. The number of aliphatic hydroxyl groups excluding tert-OH is 3. The summed E-state index contributed by atoms with van der Waals surface area (Å²) < 4.78 is 48.8. The van der Waals surface area contributed by atoms with Crippen LogP contribution in [0.25, 0.3) is 0 Å². The summed E-state index contributed by atoms with van der Waals surface area (Å²) in [5.74, 6) is -0.883. The zero-order chi connectivity index (χ0) is 26.0. The first-order chi connectivity index (χ1) is 16.5. The molecule has 0 aromatic heterocycles. The highest BCUT2D eigenvalue weighted by molar-refractivity contribution is 5.69. The van der Waals surface area contributed by atoms with Crippen molar-refractivity contribution in [3.8, 4) is 5.75 Å². The van der Waals surface area contributed by atoms with Gasteiger partial charge in [0, 0.05) is 18.8 Å². The minimum Gasteiger partial charge on any atom is -0.491 e. The Morgan fingerprint density at radius 1 is 1.20 bits per heavy atom. The first kappa shape index (κ1) is 28.9. The highest BCUT2D eigenvalue weighted by atomic mass is 19.4. The molecule has 196 valence electrons. The van der Waals surface area contributed by atoms with E-state index in [1.807, 2.05) is 12.2 Å². The second kappa shape index (κ2) is 13.7. The van der Waals surface area contributed by atoms with E-state index >= 15 is 0 Å². The number of carbonyl (C=O) groups is 1. The molecule has 1 aliphatic carbocycles. The van der Waals surface area contributed by atoms with E-state index in [1.165, 1.54) is 18.2 Å². The van der Waals surface area contributed by atoms with Crippen molar-refractivity contribution in [2.24, 2.45) is 11.8 Å². The van der Waals surface area contributed by atoms with E-state index in [4.69, 9.17) is 9.47 Å². The van der Waals surface area contributed by atoms with Crippen LogP contribution in [0.1, 0.15) is 51.5 Å². The van der Waals surface area contributed by atoms with Crippen molar-refractivity contribution in [2.75, 3.05) is 6.61 Å². The van der Waals surface area contributed by atoms with Gasteiger partial charge in [0.15, 0.2) is 0 Å². The third-order valence-electron chi connectivity index (χ3n) is 5.75. The van der Waals surface area contributed by atoms with Crippen LogP contribution in [-0.4, -0.2) is 52.3 Å². The third kappa shape index (κ3) is 10.0. The maximum Gasteiger partial charge on any atom is 0.416 e. The van der Waals surface area contributed by atoms with Gasteiger partial charge in [0.2, 0.25) is 0 Å². The normalized spacial score (nSPS) is 23.9. The van der Waals surface area contributed by atoms with Crippen molar-refractivity contribution in [3.05, 3.63) is 54.1 Å². The first-order valence-corrected chi connectivity index (χ1v) is 11.8. The molecule has 0 saturated heterocycles. The number of ether oxygens (including phenoxy) is 2. The molecule has 1 fully saturated rings. The molecule has 1 aromatic rings. The van der Waals surface area contributed by atoms with Gasteiger partial charge < -0.3 is 24.8 Å². The summed E-state index contributed by atoms with van der Waals surface area (Å²) in [5, 5.41) is 30.8. The number of rotatable bonds is 12. The van der Waals surface area contributed by atoms with Gasteiger partial charge in [-0.1, -0.05) is 30.4 Å². The largest absolute Gasteiger partial charge is 0.491 e. The first-order valence-electron chi connectivity index (χ1n) is 11.8. The second-order valence-electron chi connectivity index (χ2n) is 9.04. The fraction of sp³-hybridized carbons (Fsp3) is 0.577. The van der Waals surface area contributed by atoms with Crippen LogP contribution in [0.5, 0.6) is 5.75 Å². The highest BCUT2D eigenvalue weighted by Gasteiger charge is 2.39. The van der Waals surface area contributed by atoms with Gasteiger partial charge >= 0.3 is 12.1 Å². The second-order valence-corrected chi connectivity index (χ2v) is 9.04. The van der Waals surface area contributed by atoms with Crippen molar-refractivity contribution in [1.82, 2.24) is 0 Å². The van der Waals surface area contributed by atoms with E-state index in [-0.39, 0.29) is 42.7 Å². The molecule has 1 aromatic carbocycles. The molecule has 9 heteroatoms. The Balaban J connectivity index is 1.82. The Labute approximate surface area is 204 Å². The maximum absolute atomic E-state index is 12.8. The molecule has 0 radical (unpaired) electrons. The third-order valence-corrected chi connectivity index (χ3v) is 5.75. The zero-order valence-electron chi connectivity index (χ0n) is 20.0. The number of hydrogen-bond donors (Lipinski definition) is 3. The number of carbonyl (C=O) groups excluding carboxylic acids is 1. The molecule has 0 aliphatic heterocycles. The molecule has 0 bridgehead atoms. The number of aliphatic hydroxyl groups is 3. The number of allylic oxidation sites excluding steroid dienone is 2. The molecule has 6 nitrogen and oxygen atoms in total. The van der Waals surface area contributed by atoms with Gasteiger partial charge in [-0.05, 0) is 57.2 Å². The Kier molecular flexibility index (Phi) is 11.3. The fourth-order valence-corrected chi connectivity index (χ4v) is 4.02. The molecule has 0 spiro atoms. The topological polar surface area (TPSA) is 96.2 Å². The van der Waals surface area contributed by atoms with Crippen LogP contribution >= 0.6 is 0 Å². The molecule has 0 heterocycles. The molecule has 1 unspecified atom stereocenters. The number of esters is 1. The summed E-state index contributed by atoms with van der Waals surface area (Å²) in [4.78, 5) is 11.5. The molecule has 35 heavy (non-hydrogen) atoms. The minimum atomic E-state index is -4.49. The zero-order valence-corrected chi connectivity index (χ0v) is 20.0. The lowest BCUT2D eigenvalue weighted by Gasteiger charge is -2.19. The van der Waals surface area contributed by atoms with Crippen LogP contribution in [-0.2, 0) is 15.7 Å². The van der Waals surface area contributed by atoms with Crippen LogP contribution in [0.4, 0.5) is 13.2 Å². The van der Waals surface area contributed by atoms with E-state index in [9.17, 15) is 33.3 Å². The number of halogens is 3. The van der Waals surface area contributed by atoms with Crippen LogP contribution in [0.3, 0.4) is 0 Å². The van der Waals surface area contributed by atoms with Gasteiger partial charge in [0.05, 0.1) is 23.9 Å². The van der Waals surface area contributed by atoms with E-state index in [1.54, 1.807) is 19.9 Å². The minimum absolute atomic E-state index is 0.0101. The smallest absolute Gasteiger partial charge is 0.416 e. The van der Waals surface area contributed by atoms with Gasteiger partial charge in [-0.15, -0.1) is 0 Å². The maximum atomic E-state index is 12.8. The number of alkyl halides is 3. The van der Waals surface area contributed by atoms with Gasteiger partial charge in [-0.2, -0.15) is 13.2 Å². The van der Waals surface area contributed by atoms with Crippen molar-refractivity contribution < 1.29 is 42.8 Å². The average Bonchev–Trinajstić information content (AvgIpc) is 3.04. The van der Waals surface area contributed by atoms with Crippen LogP contribution in [0.2, 0.25) is 0 Å². The molecular weight excluding hydrogens is 465 g/mol. The summed E-state index contributed by atoms with van der Waals surface area (Å²) >= 11 is 0. The fourth-order valence-electron chi connectivity index (χ4n) is 4.02. The molecule has 2 rings (SSSR count). The van der Waals surface area contributed by atoms with Crippen LogP contribution < -0.4 is 4.74 Å². The lowest BCUT2D eigenvalue weighted by atomic mass is 9.89. The highest BCUT2D eigenvalue weighted by Crippen LogP contribution is 2.36. The molecular formula is C26H35F3O6. The summed E-state index contributed by atoms with van der Waals surface area (Å²) in [6.07, 6.45) is 2.09. The quantitative estimate of drug-likeness (QED) is 0.223. The van der Waals surface area contributed by atoms with Gasteiger partial charge in [0.25, 0.3) is 0 Å². The van der Waals surface area contributed by atoms with E-state index < -0.39 is 30.1 Å². The lowest BCUT2D eigenvalue weighted by molar-refractivity contribution is -0.147. The SMILES string of the molecule is CC(C)OC(=O)CCC/C=C/CC1[C@@H](/C=C/[C@@H](O)COc2cccc(C(F)(F)F)c2)[C@H](O)C[C@@H]1O. The van der Waals surface area contributed by atoms with Gasteiger partial charge in [0.1, 0.15) is 18.5 Å². The Hall–Kier alpha value is -2.36. The lowest BCUT2D eigenvalue weighted by Crippen LogP contribution is -2.21. The van der Waals surface area contributed by atoms with E-state index in [2.05, 4.69) is 0 Å². The van der Waals surface area contributed by atoms with Crippen molar-refractivity contribution in [1.29, 1.82) is 0 Å². The van der Waals surface area contributed by atoms with Gasteiger partial charge in [-0.3, -0.25) is 4.79 Å². The predicted molar refractivity (Wildman–Crippen MR) is 125 cm³/mol. The van der Waals surface area contributed by atoms with Crippen molar-refractivity contribution in [2.45, 2.75) is 76.5 Å². The molecule has 5 atom stereocenters. The summed E-state index contributed by atoms with van der Waals surface area (Å²) in [6.45, 7) is 3.34. The Morgan fingerprint density at radius 2 is 1.94 bits per heavy atom. The molecule has 3 N–H and O–H groups in total. The van der Waals surface area contributed by atoms with Crippen LogP contribution in [0, 0.1) is 11.8 Å². The van der Waals surface area contributed by atoms with Crippen LogP contribution in [0.15, 0.2) is 48.6 Å².